The van der Waals surface area contributed by atoms with Crippen LogP contribution in [0.2, 0.25) is 5.02 Å². The molecular weight excluding hydrogens is 386 g/mol. The number of hydrogen-bond acceptors (Lipinski definition) is 2. The van der Waals surface area contributed by atoms with Crippen LogP contribution in [0.25, 0.3) is 0 Å². The van der Waals surface area contributed by atoms with Crippen molar-refractivity contribution < 1.29 is 9.59 Å². The van der Waals surface area contributed by atoms with Gasteiger partial charge in [-0.05, 0) is 68.4 Å². The largest absolute Gasteiger partial charge is 0.331 e. The summed E-state index contributed by atoms with van der Waals surface area (Å²) in [7, 11) is 1.63. The molecule has 0 heterocycles. The molecule has 154 valence electrons. The van der Waals surface area contributed by atoms with Gasteiger partial charge in [-0.15, -0.1) is 0 Å². The van der Waals surface area contributed by atoms with Gasteiger partial charge in [0, 0.05) is 17.8 Å². The normalized spacial score (nSPS) is 14.2. The van der Waals surface area contributed by atoms with Gasteiger partial charge in [-0.1, -0.05) is 41.4 Å². The van der Waals surface area contributed by atoms with Gasteiger partial charge in [0.25, 0.3) is 0 Å². The standard InChI is InChI=1S/C23H28ClN3O2/c1-14-11-15(2)21(16(3)12-14)25-20(28)13-27(4)23(29)26-22(17-5-6-17)18-7-9-19(24)10-8-18/h7-12,17,22H,5-6,13H2,1-4H3,(H,25,28)(H,26,29)/t22-/m0/s1. The molecule has 0 bridgehead atoms. The van der Waals surface area contributed by atoms with Gasteiger partial charge in [-0.3, -0.25) is 4.79 Å². The Morgan fingerprint density at radius 1 is 1.10 bits per heavy atom. The monoisotopic (exact) mass is 413 g/mol. The van der Waals surface area contributed by atoms with Gasteiger partial charge in [0.2, 0.25) is 5.91 Å². The van der Waals surface area contributed by atoms with Crippen molar-refractivity contribution in [3.05, 3.63) is 63.7 Å². The van der Waals surface area contributed by atoms with Crippen LogP contribution in [0.1, 0.15) is 41.1 Å². The third kappa shape index (κ3) is 5.51. The number of hydrogen-bond donors (Lipinski definition) is 2. The van der Waals surface area contributed by atoms with E-state index >= 15 is 0 Å². The van der Waals surface area contributed by atoms with Gasteiger partial charge in [0.05, 0.1) is 6.04 Å². The Balaban J connectivity index is 1.61. The second-order valence-corrected chi connectivity index (χ2v) is 8.43. The minimum Gasteiger partial charge on any atom is -0.331 e. The quantitative estimate of drug-likeness (QED) is 0.700. The van der Waals surface area contributed by atoms with Gasteiger partial charge in [0.1, 0.15) is 6.54 Å². The summed E-state index contributed by atoms with van der Waals surface area (Å²) in [5, 5.41) is 6.69. The molecular formula is C23H28ClN3O2. The number of rotatable bonds is 6. The van der Waals surface area contributed by atoms with Crippen LogP contribution in [0.3, 0.4) is 0 Å². The van der Waals surface area contributed by atoms with E-state index in [4.69, 9.17) is 11.6 Å². The van der Waals surface area contributed by atoms with E-state index in [2.05, 4.69) is 10.6 Å². The van der Waals surface area contributed by atoms with Crippen molar-refractivity contribution in [2.75, 3.05) is 18.9 Å². The minimum absolute atomic E-state index is 0.0173. The van der Waals surface area contributed by atoms with Crippen LogP contribution < -0.4 is 10.6 Å². The molecule has 29 heavy (non-hydrogen) atoms. The van der Waals surface area contributed by atoms with E-state index in [9.17, 15) is 9.59 Å². The number of amides is 3. The van der Waals surface area contributed by atoms with E-state index in [1.54, 1.807) is 7.05 Å². The lowest BCUT2D eigenvalue weighted by molar-refractivity contribution is -0.116. The fourth-order valence-corrected chi connectivity index (χ4v) is 3.79. The molecule has 0 spiro atoms. The molecule has 0 unspecified atom stereocenters. The third-order valence-electron chi connectivity index (χ3n) is 5.27. The van der Waals surface area contributed by atoms with E-state index in [-0.39, 0.29) is 24.5 Å². The lowest BCUT2D eigenvalue weighted by Crippen LogP contribution is -2.43. The molecule has 3 amide bonds. The van der Waals surface area contributed by atoms with E-state index in [1.165, 1.54) is 4.90 Å². The van der Waals surface area contributed by atoms with Gasteiger partial charge >= 0.3 is 6.03 Å². The van der Waals surface area contributed by atoms with Gasteiger partial charge in [0.15, 0.2) is 0 Å². The zero-order chi connectivity index (χ0) is 21.1. The van der Waals surface area contributed by atoms with Crippen LogP contribution in [0, 0.1) is 26.7 Å². The Morgan fingerprint density at radius 3 is 2.24 bits per heavy atom. The van der Waals surface area contributed by atoms with Crippen molar-refractivity contribution >= 4 is 29.2 Å². The summed E-state index contributed by atoms with van der Waals surface area (Å²) < 4.78 is 0. The van der Waals surface area contributed by atoms with Crippen LogP contribution in [0.15, 0.2) is 36.4 Å². The fourth-order valence-electron chi connectivity index (χ4n) is 3.66. The summed E-state index contributed by atoms with van der Waals surface area (Å²) in [4.78, 5) is 26.6. The van der Waals surface area contributed by atoms with Crippen molar-refractivity contribution in [3.8, 4) is 0 Å². The maximum atomic E-state index is 12.7. The minimum atomic E-state index is -0.260. The summed E-state index contributed by atoms with van der Waals surface area (Å²) in [5.41, 5.74) is 5.03. The number of nitrogens with zero attached hydrogens (tertiary/aromatic N) is 1. The van der Waals surface area contributed by atoms with Crippen molar-refractivity contribution in [2.45, 2.75) is 39.7 Å². The highest BCUT2D eigenvalue weighted by molar-refractivity contribution is 6.30. The molecule has 1 fully saturated rings. The summed E-state index contributed by atoms with van der Waals surface area (Å²) in [6, 6.07) is 11.3. The molecule has 5 nitrogen and oxygen atoms in total. The lowest BCUT2D eigenvalue weighted by atomic mass is 10.0. The number of likely N-dealkylation sites (N-methyl/N-ethyl adjacent to an activating group) is 1. The van der Waals surface area contributed by atoms with E-state index < -0.39 is 0 Å². The molecule has 0 saturated heterocycles. The van der Waals surface area contributed by atoms with Gasteiger partial charge in [-0.25, -0.2) is 4.79 Å². The molecule has 2 aromatic carbocycles. The molecule has 1 atom stereocenters. The second-order valence-electron chi connectivity index (χ2n) is 7.99. The van der Waals surface area contributed by atoms with Gasteiger partial charge < -0.3 is 15.5 Å². The van der Waals surface area contributed by atoms with Crippen LogP contribution >= 0.6 is 11.6 Å². The summed E-state index contributed by atoms with van der Waals surface area (Å²) in [5.74, 6) is 0.215. The van der Waals surface area contributed by atoms with E-state index in [0.29, 0.717) is 10.9 Å². The highest BCUT2D eigenvalue weighted by Crippen LogP contribution is 2.41. The maximum absolute atomic E-state index is 12.7. The number of carbonyl (C=O) groups excluding carboxylic acids is 2. The number of carbonyl (C=O) groups is 2. The van der Waals surface area contributed by atoms with Crippen molar-refractivity contribution in [3.63, 3.8) is 0 Å². The smallest absolute Gasteiger partial charge is 0.318 e. The van der Waals surface area contributed by atoms with Crippen LogP contribution in [0.4, 0.5) is 10.5 Å². The highest BCUT2D eigenvalue weighted by atomic mass is 35.5. The average Bonchev–Trinajstić information content (AvgIpc) is 3.48. The third-order valence-corrected chi connectivity index (χ3v) is 5.52. The number of anilines is 1. The van der Waals surface area contributed by atoms with E-state index in [0.717, 1.165) is 40.8 Å². The maximum Gasteiger partial charge on any atom is 0.318 e. The highest BCUT2D eigenvalue weighted by Gasteiger charge is 2.34. The van der Waals surface area contributed by atoms with Crippen LogP contribution in [-0.2, 0) is 4.79 Å². The molecule has 1 saturated carbocycles. The van der Waals surface area contributed by atoms with Crippen LogP contribution in [0.5, 0.6) is 0 Å². The van der Waals surface area contributed by atoms with Gasteiger partial charge in [-0.2, -0.15) is 0 Å². The Kier molecular flexibility index (Phi) is 6.48. The summed E-state index contributed by atoms with van der Waals surface area (Å²) in [6.45, 7) is 5.95. The average molecular weight is 414 g/mol. The first-order valence-electron chi connectivity index (χ1n) is 9.89. The lowest BCUT2D eigenvalue weighted by Gasteiger charge is -2.24. The topological polar surface area (TPSA) is 61.4 Å². The van der Waals surface area contributed by atoms with Crippen molar-refractivity contribution in [1.29, 1.82) is 0 Å². The second kappa shape index (κ2) is 8.87. The number of urea groups is 1. The molecule has 3 rings (SSSR count). The molecule has 0 radical (unpaired) electrons. The summed E-state index contributed by atoms with van der Waals surface area (Å²) in [6.07, 6.45) is 2.17. The van der Waals surface area contributed by atoms with Crippen molar-refractivity contribution in [1.82, 2.24) is 10.2 Å². The number of aryl methyl sites for hydroxylation is 3. The Bertz CT molecular complexity index is 884. The first kappa shape index (κ1) is 21.2. The zero-order valence-corrected chi connectivity index (χ0v) is 18.1. The summed E-state index contributed by atoms with van der Waals surface area (Å²) >= 11 is 5.98. The molecule has 1 aliphatic carbocycles. The molecule has 2 aromatic rings. The predicted octanol–water partition coefficient (Wildman–Crippen LogP) is 5.00. The van der Waals surface area contributed by atoms with Crippen LogP contribution in [-0.4, -0.2) is 30.4 Å². The van der Waals surface area contributed by atoms with E-state index in [1.807, 2.05) is 57.2 Å². The molecule has 0 aliphatic heterocycles. The number of halogens is 1. The molecule has 2 N–H and O–H groups in total. The zero-order valence-electron chi connectivity index (χ0n) is 17.4. The van der Waals surface area contributed by atoms with Crippen molar-refractivity contribution in [2.24, 2.45) is 5.92 Å². The Labute approximate surface area is 177 Å². The molecule has 6 heteroatoms. The Hall–Kier alpha value is -2.53. The first-order chi connectivity index (χ1) is 13.7. The predicted molar refractivity (Wildman–Crippen MR) is 117 cm³/mol. The SMILES string of the molecule is Cc1cc(C)c(NC(=O)CN(C)C(=O)N[C@H](c2ccc(Cl)cc2)C2CC2)c(C)c1. The molecule has 1 aliphatic rings. The number of benzene rings is 2. The fraction of sp³-hybridized carbons (Fsp3) is 0.391. The molecule has 0 aromatic heterocycles. The number of nitrogens with one attached hydrogen (secondary N) is 2. The first-order valence-corrected chi connectivity index (χ1v) is 10.3. The Morgan fingerprint density at radius 2 is 1.69 bits per heavy atom.